The Hall–Kier alpha value is -0.150. The zero-order valence-electron chi connectivity index (χ0n) is 5.31. The van der Waals surface area contributed by atoms with Crippen LogP contribution < -0.4 is 5.32 Å². The molecular weight excluding hydrogens is 121 g/mol. The van der Waals surface area contributed by atoms with Crippen molar-refractivity contribution in [1.82, 2.24) is 5.32 Å². The van der Waals surface area contributed by atoms with Crippen molar-refractivity contribution in [3.8, 4) is 0 Å². The molecule has 1 aliphatic heterocycles. The lowest BCUT2D eigenvalue weighted by atomic mass is 10.0. The molecule has 1 heterocycles. The van der Waals surface area contributed by atoms with Gasteiger partial charge in [0.05, 0.1) is 6.61 Å². The van der Waals surface area contributed by atoms with Gasteiger partial charge in [-0.1, -0.05) is 0 Å². The molecule has 0 spiro atoms. The van der Waals surface area contributed by atoms with Crippen molar-refractivity contribution in [2.75, 3.05) is 13.2 Å². The number of halogens is 1. The van der Waals surface area contributed by atoms with E-state index in [0.29, 0.717) is 13.0 Å². The highest BCUT2D eigenvalue weighted by atomic mass is 19.1. The van der Waals surface area contributed by atoms with E-state index in [9.17, 15) is 4.39 Å². The van der Waals surface area contributed by atoms with Crippen molar-refractivity contribution >= 4 is 0 Å². The molecule has 0 saturated carbocycles. The second-order valence-electron chi connectivity index (χ2n) is 2.46. The summed E-state index contributed by atoms with van der Waals surface area (Å²) in [5, 5.41) is 11.5. The summed E-state index contributed by atoms with van der Waals surface area (Å²) in [6.07, 6.45) is 0.656. The summed E-state index contributed by atoms with van der Waals surface area (Å²) >= 11 is 0. The number of alkyl halides is 1. The molecule has 2 nitrogen and oxygen atoms in total. The Morgan fingerprint density at radius 2 is 2.33 bits per heavy atom. The Labute approximate surface area is 54.1 Å². The molecule has 0 aromatic carbocycles. The molecule has 3 heteroatoms. The van der Waals surface area contributed by atoms with Crippen molar-refractivity contribution in [3.05, 3.63) is 0 Å². The molecule has 0 amide bonds. The second-order valence-corrected chi connectivity index (χ2v) is 2.46. The van der Waals surface area contributed by atoms with E-state index in [1.54, 1.807) is 0 Å². The summed E-state index contributed by atoms with van der Waals surface area (Å²) in [6, 6.07) is 0.136. The van der Waals surface area contributed by atoms with Crippen LogP contribution in [0.2, 0.25) is 0 Å². The van der Waals surface area contributed by atoms with Gasteiger partial charge in [-0.3, -0.25) is 0 Å². The van der Waals surface area contributed by atoms with Crippen LogP contribution >= 0.6 is 0 Å². The Morgan fingerprint density at radius 3 is 2.78 bits per heavy atom. The first-order valence-corrected chi connectivity index (χ1v) is 3.31. The molecule has 1 fully saturated rings. The average Bonchev–Trinajstić information content (AvgIpc) is 1.90. The van der Waals surface area contributed by atoms with Crippen LogP contribution in [0.4, 0.5) is 4.39 Å². The van der Waals surface area contributed by atoms with Crippen LogP contribution in [0.25, 0.3) is 0 Å². The standard InChI is InChI=1S/C6H12FNO/c7-5-1-2-6(4-9)8-3-5/h5-6,8-9H,1-4H2. The smallest absolute Gasteiger partial charge is 0.113 e. The summed E-state index contributed by atoms with van der Waals surface area (Å²) < 4.78 is 12.3. The normalized spacial score (nSPS) is 36.7. The fraction of sp³-hybridized carbons (Fsp3) is 1.00. The Balaban J connectivity index is 2.18. The molecule has 0 aliphatic carbocycles. The van der Waals surface area contributed by atoms with E-state index in [0.717, 1.165) is 6.42 Å². The van der Waals surface area contributed by atoms with Gasteiger partial charge in [-0.15, -0.1) is 0 Å². The molecule has 9 heavy (non-hydrogen) atoms. The number of hydrogen-bond acceptors (Lipinski definition) is 2. The first kappa shape index (κ1) is 6.96. The molecule has 2 unspecified atom stereocenters. The molecule has 0 aromatic rings. The van der Waals surface area contributed by atoms with Gasteiger partial charge in [-0.25, -0.2) is 4.39 Å². The highest BCUT2D eigenvalue weighted by molar-refractivity contribution is 4.76. The van der Waals surface area contributed by atoms with Crippen LogP contribution in [0.5, 0.6) is 0 Å². The number of nitrogens with one attached hydrogen (secondary N) is 1. The van der Waals surface area contributed by atoms with E-state index in [1.807, 2.05) is 0 Å². The van der Waals surface area contributed by atoms with Crippen molar-refractivity contribution < 1.29 is 9.50 Å². The summed E-state index contributed by atoms with van der Waals surface area (Å²) in [5.74, 6) is 0. The maximum atomic E-state index is 12.3. The van der Waals surface area contributed by atoms with E-state index < -0.39 is 6.17 Å². The minimum Gasteiger partial charge on any atom is -0.395 e. The summed E-state index contributed by atoms with van der Waals surface area (Å²) in [6.45, 7) is 0.540. The van der Waals surface area contributed by atoms with E-state index in [4.69, 9.17) is 5.11 Å². The fourth-order valence-corrected chi connectivity index (χ4v) is 1.04. The van der Waals surface area contributed by atoms with Gasteiger partial charge in [0.15, 0.2) is 0 Å². The van der Waals surface area contributed by atoms with Gasteiger partial charge in [0.2, 0.25) is 0 Å². The quantitative estimate of drug-likeness (QED) is 0.530. The third kappa shape index (κ3) is 1.91. The van der Waals surface area contributed by atoms with E-state index in [-0.39, 0.29) is 12.6 Å². The zero-order valence-corrected chi connectivity index (χ0v) is 5.31. The van der Waals surface area contributed by atoms with Crippen LogP contribution in [0.15, 0.2) is 0 Å². The van der Waals surface area contributed by atoms with Gasteiger partial charge in [-0.05, 0) is 12.8 Å². The van der Waals surface area contributed by atoms with Crippen molar-refractivity contribution in [2.24, 2.45) is 0 Å². The molecule has 2 N–H and O–H groups in total. The molecule has 2 atom stereocenters. The maximum Gasteiger partial charge on any atom is 0.113 e. The van der Waals surface area contributed by atoms with Crippen LogP contribution in [0, 0.1) is 0 Å². The molecular formula is C6H12FNO. The second kappa shape index (κ2) is 3.13. The molecule has 0 radical (unpaired) electrons. The van der Waals surface area contributed by atoms with Crippen LogP contribution in [0.1, 0.15) is 12.8 Å². The van der Waals surface area contributed by atoms with E-state index >= 15 is 0 Å². The number of aliphatic hydroxyl groups is 1. The predicted octanol–water partition coefficient (Wildman–Crippen LogP) is 0.0688. The van der Waals surface area contributed by atoms with Gasteiger partial charge in [0, 0.05) is 12.6 Å². The minimum absolute atomic E-state index is 0.132. The maximum absolute atomic E-state index is 12.3. The highest BCUT2D eigenvalue weighted by Gasteiger charge is 2.18. The van der Waals surface area contributed by atoms with Gasteiger partial charge in [0.25, 0.3) is 0 Å². The molecule has 54 valence electrons. The molecule has 1 saturated heterocycles. The SMILES string of the molecule is OCC1CCC(F)CN1. The van der Waals surface area contributed by atoms with Crippen molar-refractivity contribution in [2.45, 2.75) is 25.1 Å². The third-order valence-corrected chi connectivity index (χ3v) is 1.68. The molecule has 0 bridgehead atoms. The molecule has 1 rings (SSSR count). The van der Waals surface area contributed by atoms with Gasteiger partial charge in [-0.2, -0.15) is 0 Å². The lowest BCUT2D eigenvalue weighted by Crippen LogP contribution is -2.41. The zero-order chi connectivity index (χ0) is 6.69. The number of hydrogen-bond donors (Lipinski definition) is 2. The van der Waals surface area contributed by atoms with E-state index in [2.05, 4.69) is 5.32 Å². The van der Waals surface area contributed by atoms with Gasteiger partial charge >= 0.3 is 0 Å². The molecule has 0 aromatic heterocycles. The van der Waals surface area contributed by atoms with Gasteiger partial charge in [0.1, 0.15) is 6.17 Å². The Morgan fingerprint density at radius 1 is 1.56 bits per heavy atom. The van der Waals surface area contributed by atoms with Crippen molar-refractivity contribution in [1.29, 1.82) is 0 Å². The first-order chi connectivity index (χ1) is 4.33. The number of aliphatic hydroxyl groups excluding tert-OH is 1. The first-order valence-electron chi connectivity index (χ1n) is 3.31. The summed E-state index contributed by atoms with van der Waals surface area (Å²) in [4.78, 5) is 0. The molecule has 1 aliphatic rings. The minimum atomic E-state index is -0.701. The van der Waals surface area contributed by atoms with Gasteiger partial charge < -0.3 is 10.4 Å². The monoisotopic (exact) mass is 133 g/mol. The topological polar surface area (TPSA) is 32.3 Å². The van der Waals surface area contributed by atoms with E-state index in [1.165, 1.54) is 0 Å². The predicted molar refractivity (Wildman–Crippen MR) is 33.0 cm³/mol. The Bertz CT molecular complexity index is 81.1. The average molecular weight is 133 g/mol. The lowest BCUT2D eigenvalue weighted by molar-refractivity contribution is 0.174. The van der Waals surface area contributed by atoms with Crippen LogP contribution in [0.3, 0.4) is 0 Å². The lowest BCUT2D eigenvalue weighted by Gasteiger charge is -2.23. The summed E-state index contributed by atoms with van der Waals surface area (Å²) in [7, 11) is 0. The largest absolute Gasteiger partial charge is 0.395 e. The van der Waals surface area contributed by atoms with Crippen LogP contribution in [-0.4, -0.2) is 30.5 Å². The fourth-order valence-electron chi connectivity index (χ4n) is 1.04. The van der Waals surface area contributed by atoms with Crippen LogP contribution in [-0.2, 0) is 0 Å². The third-order valence-electron chi connectivity index (χ3n) is 1.68. The number of piperidine rings is 1. The Kier molecular flexibility index (Phi) is 2.42. The van der Waals surface area contributed by atoms with Crippen molar-refractivity contribution in [3.63, 3.8) is 0 Å². The summed E-state index contributed by atoms with van der Waals surface area (Å²) in [5.41, 5.74) is 0. The highest BCUT2D eigenvalue weighted by Crippen LogP contribution is 2.09. The number of rotatable bonds is 1.